The van der Waals surface area contributed by atoms with Crippen molar-refractivity contribution < 1.29 is 9.53 Å². The fourth-order valence-electron chi connectivity index (χ4n) is 3.41. The van der Waals surface area contributed by atoms with Crippen molar-refractivity contribution in [2.24, 2.45) is 0 Å². The maximum absolute atomic E-state index is 12.9. The Morgan fingerprint density at radius 1 is 1.11 bits per heavy atom. The molecule has 2 aromatic heterocycles. The third kappa shape index (κ3) is 3.01. The first-order chi connectivity index (χ1) is 13.2. The normalized spacial score (nSPS) is 17.5. The molecular weight excluding hydrogens is 364 g/mol. The second-order valence-electron chi connectivity index (χ2n) is 6.91. The highest BCUT2D eigenvalue weighted by Crippen LogP contribution is 2.39. The molecule has 0 bridgehead atoms. The summed E-state index contributed by atoms with van der Waals surface area (Å²) in [5.74, 6) is 2.19. The largest absolute Gasteiger partial charge is 0.497 e. The Morgan fingerprint density at radius 2 is 1.85 bits per heavy atom. The molecule has 0 N–H and O–H groups in total. The van der Waals surface area contributed by atoms with Gasteiger partial charge in [0.05, 0.1) is 7.11 Å². The van der Waals surface area contributed by atoms with Crippen LogP contribution in [0.1, 0.15) is 34.4 Å². The number of carbonyl (C=O) groups is 1. The van der Waals surface area contributed by atoms with E-state index in [4.69, 9.17) is 4.74 Å². The van der Waals surface area contributed by atoms with E-state index in [0.717, 1.165) is 43.2 Å². The zero-order chi connectivity index (χ0) is 18.4. The summed E-state index contributed by atoms with van der Waals surface area (Å²) in [6.07, 6.45) is 2.27. The lowest BCUT2D eigenvalue weighted by Crippen LogP contribution is -2.48. The number of carbonyl (C=O) groups excluding carboxylic acids is 1. The molecule has 1 amide bonds. The Balaban J connectivity index is 1.26. The van der Waals surface area contributed by atoms with Crippen molar-refractivity contribution in [2.45, 2.75) is 18.8 Å². The van der Waals surface area contributed by atoms with E-state index in [2.05, 4.69) is 32.3 Å². The smallest absolute Gasteiger partial charge is 0.284 e. The first-order valence-electron chi connectivity index (χ1n) is 9.13. The van der Waals surface area contributed by atoms with Crippen LogP contribution in [0, 0.1) is 0 Å². The van der Waals surface area contributed by atoms with Crippen LogP contribution in [0.4, 0.5) is 5.69 Å². The molecule has 1 saturated carbocycles. The fraction of sp³-hybridized carbons (Fsp3) is 0.444. The molecule has 1 aromatic carbocycles. The first kappa shape index (κ1) is 16.5. The number of rotatable bonds is 4. The van der Waals surface area contributed by atoms with Crippen LogP contribution in [0.25, 0.3) is 4.96 Å². The number of aromatic nitrogens is 4. The average molecular weight is 384 g/mol. The fourth-order valence-corrected chi connectivity index (χ4v) is 4.22. The highest BCUT2D eigenvalue weighted by molar-refractivity contribution is 7.18. The molecule has 1 saturated heterocycles. The van der Waals surface area contributed by atoms with E-state index in [1.54, 1.807) is 11.6 Å². The highest BCUT2D eigenvalue weighted by atomic mass is 32.1. The molecule has 5 rings (SSSR count). The van der Waals surface area contributed by atoms with Gasteiger partial charge in [-0.1, -0.05) is 11.3 Å². The van der Waals surface area contributed by atoms with Gasteiger partial charge < -0.3 is 14.5 Å². The number of benzene rings is 1. The van der Waals surface area contributed by atoms with Crippen molar-refractivity contribution in [3.63, 3.8) is 0 Å². The number of amides is 1. The van der Waals surface area contributed by atoms with E-state index in [1.807, 2.05) is 17.0 Å². The highest BCUT2D eigenvalue weighted by Gasteiger charge is 2.31. The molecule has 1 aliphatic heterocycles. The van der Waals surface area contributed by atoms with Gasteiger partial charge >= 0.3 is 0 Å². The van der Waals surface area contributed by atoms with Crippen molar-refractivity contribution in [3.8, 4) is 5.75 Å². The number of ether oxygens (including phenoxy) is 1. The molecule has 2 aliphatic rings. The second-order valence-corrected chi connectivity index (χ2v) is 7.87. The molecule has 0 unspecified atom stereocenters. The van der Waals surface area contributed by atoms with Gasteiger partial charge in [0.15, 0.2) is 5.82 Å². The zero-order valence-corrected chi connectivity index (χ0v) is 15.9. The summed E-state index contributed by atoms with van der Waals surface area (Å²) >= 11 is 1.33. The predicted octanol–water partition coefficient (Wildman–Crippen LogP) is 2.03. The van der Waals surface area contributed by atoms with Gasteiger partial charge in [-0.15, -0.1) is 15.3 Å². The Hall–Kier alpha value is -2.68. The van der Waals surface area contributed by atoms with Crippen LogP contribution in [0.3, 0.4) is 0 Å². The Bertz CT molecular complexity index is 970. The van der Waals surface area contributed by atoms with Crippen molar-refractivity contribution in [1.29, 1.82) is 0 Å². The lowest BCUT2D eigenvalue weighted by atomic mass is 10.2. The minimum absolute atomic E-state index is 0.0124. The molecule has 0 radical (unpaired) electrons. The topological polar surface area (TPSA) is 75.9 Å². The molecule has 0 spiro atoms. The minimum Gasteiger partial charge on any atom is -0.497 e. The van der Waals surface area contributed by atoms with Crippen LogP contribution in [-0.2, 0) is 0 Å². The Labute approximate surface area is 160 Å². The van der Waals surface area contributed by atoms with Gasteiger partial charge in [-0.2, -0.15) is 4.52 Å². The van der Waals surface area contributed by atoms with Gasteiger partial charge in [0.2, 0.25) is 9.97 Å². The summed E-state index contributed by atoms with van der Waals surface area (Å²) in [5.41, 5.74) is 1.15. The van der Waals surface area contributed by atoms with Gasteiger partial charge in [-0.05, 0) is 37.1 Å². The number of nitrogens with zero attached hydrogens (tertiary/aromatic N) is 6. The van der Waals surface area contributed by atoms with Gasteiger partial charge in [-0.25, -0.2) is 0 Å². The zero-order valence-electron chi connectivity index (χ0n) is 15.0. The van der Waals surface area contributed by atoms with Crippen molar-refractivity contribution in [1.82, 2.24) is 24.7 Å². The third-order valence-electron chi connectivity index (χ3n) is 5.14. The monoisotopic (exact) mass is 384 g/mol. The number of piperazine rings is 1. The summed E-state index contributed by atoms with van der Waals surface area (Å²) in [5, 5.41) is 13.4. The average Bonchev–Trinajstić information content (AvgIpc) is 3.35. The van der Waals surface area contributed by atoms with E-state index in [-0.39, 0.29) is 5.91 Å². The second kappa shape index (κ2) is 6.49. The van der Waals surface area contributed by atoms with E-state index in [0.29, 0.717) is 29.0 Å². The number of anilines is 1. The van der Waals surface area contributed by atoms with Gasteiger partial charge in [-0.3, -0.25) is 4.79 Å². The first-order valence-corrected chi connectivity index (χ1v) is 9.95. The maximum Gasteiger partial charge on any atom is 0.284 e. The van der Waals surface area contributed by atoms with E-state index < -0.39 is 0 Å². The standard InChI is InChI=1S/C18H20N6O2S/c1-26-14-6-4-13(5-7-14)22-8-10-23(11-9-22)17(25)16-21-24-15(12-2-3-12)19-20-18(24)27-16/h4-7,12H,2-3,8-11H2,1H3. The van der Waals surface area contributed by atoms with Crippen LogP contribution in [0.2, 0.25) is 0 Å². The maximum atomic E-state index is 12.9. The summed E-state index contributed by atoms with van der Waals surface area (Å²) in [4.78, 5) is 17.7. The SMILES string of the molecule is COc1ccc(N2CCN(C(=O)c3nn4c(C5CC5)nnc4s3)CC2)cc1. The molecular formula is C18H20N6O2S. The molecule has 0 atom stereocenters. The molecule has 8 nitrogen and oxygen atoms in total. The molecule has 3 aromatic rings. The quantitative estimate of drug-likeness (QED) is 0.685. The van der Waals surface area contributed by atoms with Crippen molar-refractivity contribution in [3.05, 3.63) is 35.1 Å². The van der Waals surface area contributed by atoms with Crippen LogP contribution in [0.5, 0.6) is 5.75 Å². The number of methoxy groups -OCH3 is 1. The summed E-state index contributed by atoms with van der Waals surface area (Å²) in [7, 11) is 1.67. The van der Waals surface area contributed by atoms with Crippen molar-refractivity contribution in [2.75, 3.05) is 38.2 Å². The summed E-state index contributed by atoms with van der Waals surface area (Å²) < 4.78 is 6.96. The van der Waals surface area contributed by atoms with E-state index >= 15 is 0 Å². The summed E-state index contributed by atoms with van der Waals surface area (Å²) in [6, 6.07) is 8.03. The predicted molar refractivity (Wildman–Crippen MR) is 102 cm³/mol. The molecule has 9 heteroatoms. The number of fused-ring (bicyclic) bond motifs is 1. The van der Waals surface area contributed by atoms with Crippen LogP contribution < -0.4 is 9.64 Å². The number of hydrogen-bond acceptors (Lipinski definition) is 7. The summed E-state index contributed by atoms with van der Waals surface area (Å²) in [6.45, 7) is 2.96. The van der Waals surface area contributed by atoms with Gasteiger partial charge in [0, 0.05) is 37.8 Å². The molecule has 1 aliphatic carbocycles. The van der Waals surface area contributed by atoms with E-state index in [9.17, 15) is 4.79 Å². The Morgan fingerprint density at radius 3 is 2.52 bits per heavy atom. The minimum atomic E-state index is -0.0124. The molecule has 2 fully saturated rings. The van der Waals surface area contributed by atoms with Crippen molar-refractivity contribution >= 4 is 27.9 Å². The third-order valence-corrected chi connectivity index (χ3v) is 6.03. The Kier molecular flexibility index (Phi) is 3.96. The van der Waals surface area contributed by atoms with Gasteiger partial charge in [0.25, 0.3) is 5.91 Å². The lowest BCUT2D eigenvalue weighted by molar-refractivity contribution is 0.0745. The van der Waals surface area contributed by atoms with Crippen LogP contribution >= 0.6 is 11.3 Å². The van der Waals surface area contributed by atoms with Crippen LogP contribution in [0.15, 0.2) is 24.3 Å². The molecule has 3 heterocycles. The van der Waals surface area contributed by atoms with Gasteiger partial charge in [0.1, 0.15) is 5.75 Å². The lowest BCUT2D eigenvalue weighted by Gasteiger charge is -2.35. The van der Waals surface area contributed by atoms with E-state index in [1.165, 1.54) is 11.3 Å². The number of hydrogen-bond donors (Lipinski definition) is 0. The molecule has 27 heavy (non-hydrogen) atoms. The molecule has 140 valence electrons. The van der Waals surface area contributed by atoms with Crippen LogP contribution in [-0.4, -0.2) is 63.9 Å².